The van der Waals surface area contributed by atoms with Gasteiger partial charge in [0.1, 0.15) is 21.4 Å². The first kappa shape index (κ1) is 16.8. The van der Waals surface area contributed by atoms with Gasteiger partial charge in [-0.15, -0.1) is 0 Å². The van der Waals surface area contributed by atoms with Crippen molar-refractivity contribution in [2.24, 2.45) is 5.41 Å². The van der Waals surface area contributed by atoms with E-state index in [1.165, 1.54) is 6.33 Å². The van der Waals surface area contributed by atoms with Crippen molar-refractivity contribution in [2.45, 2.75) is 45.3 Å². The summed E-state index contributed by atoms with van der Waals surface area (Å²) in [4.78, 5) is 22.3. The zero-order valence-electron chi connectivity index (χ0n) is 14.5. The number of fused-ring (bicyclic) bond motifs is 1. The number of ether oxygens (including phenoxy) is 1. The molecule has 0 atom stereocenters. The zero-order valence-corrected chi connectivity index (χ0v) is 16.6. The fourth-order valence-corrected chi connectivity index (χ4v) is 4.55. The first-order chi connectivity index (χ1) is 11.7. The molecular weight excluding hydrogens is 435 g/mol. The van der Waals surface area contributed by atoms with Gasteiger partial charge in [0, 0.05) is 18.5 Å². The van der Waals surface area contributed by atoms with Crippen LogP contribution in [-0.2, 0) is 4.74 Å². The smallest absolute Gasteiger partial charge is 0.410 e. The minimum Gasteiger partial charge on any atom is -0.444 e. The maximum Gasteiger partial charge on any atom is 0.410 e. The molecule has 1 saturated carbocycles. The fraction of sp³-hybridized carbons (Fsp3) is 0.625. The number of nitrogens with two attached hydrogens (primary N) is 1. The van der Waals surface area contributed by atoms with Crippen LogP contribution in [0.3, 0.4) is 0 Å². The predicted molar refractivity (Wildman–Crippen MR) is 101 cm³/mol. The first-order valence-corrected chi connectivity index (χ1v) is 9.37. The van der Waals surface area contributed by atoms with Crippen molar-refractivity contribution in [3.63, 3.8) is 0 Å². The largest absolute Gasteiger partial charge is 0.444 e. The summed E-state index contributed by atoms with van der Waals surface area (Å²) in [5.41, 5.74) is 6.49. The minimum atomic E-state index is -0.452. The van der Waals surface area contributed by atoms with E-state index < -0.39 is 5.60 Å². The summed E-state index contributed by atoms with van der Waals surface area (Å²) in [6.45, 7) is 7.17. The molecule has 2 aromatic heterocycles. The number of hydrogen-bond acceptors (Lipinski definition) is 6. The highest BCUT2D eigenvalue weighted by Crippen LogP contribution is 2.54. The van der Waals surface area contributed by atoms with Crippen LogP contribution in [0.25, 0.3) is 11.0 Å². The van der Waals surface area contributed by atoms with E-state index in [9.17, 15) is 4.79 Å². The lowest BCUT2D eigenvalue weighted by atomic mass is 9.61. The molecule has 2 aliphatic rings. The Hall–Kier alpha value is -1.65. The van der Waals surface area contributed by atoms with Crippen LogP contribution in [-0.4, -0.2) is 49.4 Å². The van der Waals surface area contributed by atoms with Gasteiger partial charge < -0.3 is 15.4 Å². The van der Waals surface area contributed by atoms with E-state index in [1.807, 2.05) is 25.5 Å². The minimum absolute atomic E-state index is 0.198. The van der Waals surface area contributed by atoms with Crippen LogP contribution in [0.2, 0.25) is 0 Å². The van der Waals surface area contributed by atoms with E-state index in [0.29, 0.717) is 11.9 Å². The Bertz CT molecular complexity index is 844. The second kappa shape index (κ2) is 5.42. The van der Waals surface area contributed by atoms with Crippen LogP contribution in [0.15, 0.2) is 6.33 Å². The van der Waals surface area contributed by atoms with Gasteiger partial charge in [-0.25, -0.2) is 19.4 Å². The molecule has 134 valence electrons. The van der Waals surface area contributed by atoms with Crippen molar-refractivity contribution < 1.29 is 9.53 Å². The number of aromatic nitrogens is 4. The van der Waals surface area contributed by atoms with Gasteiger partial charge in [-0.1, -0.05) is 0 Å². The molecule has 1 aliphatic carbocycles. The van der Waals surface area contributed by atoms with Crippen molar-refractivity contribution in [2.75, 3.05) is 18.8 Å². The average molecular weight is 456 g/mol. The van der Waals surface area contributed by atoms with Crippen LogP contribution in [0, 0.1) is 9.12 Å². The summed E-state index contributed by atoms with van der Waals surface area (Å²) in [6.07, 6.45) is 3.24. The fourth-order valence-electron chi connectivity index (χ4n) is 3.80. The van der Waals surface area contributed by atoms with Crippen molar-refractivity contribution >= 4 is 45.5 Å². The normalized spacial score (nSPS) is 19.8. The number of likely N-dealkylation sites (tertiary alicyclic amines) is 1. The van der Waals surface area contributed by atoms with Crippen LogP contribution in [0.5, 0.6) is 0 Å². The summed E-state index contributed by atoms with van der Waals surface area (Å²) >= 11 is 2.17. The third-order valence-electron chi connectivity index (χ3n) is 4.86. The van der Waals surface area contributed by atoms with E-state index in [-0.39, 0.29) is 11.5 Å². The molecule has 2 aromatic rings. The zero-order chi connectivity index (χ0) is 18.0. The number of nitrogens with zero attached hydrogens (tertiary/aromatic N) is 5. The summed E-state index contributed by atoms with van der Waals surface area (Å²) in [5.74, 6) is 0.467. The van der Waals surface area contributed by atoms with Crippen LogP contribution in [0.1, 0.15) is 39.7 Å². The lowest BCUT2D eigenvalue weighted by Crippen LogP contribution is -2.64. The molecule has 4 rings (SSSR count). The number of anilines is 1. The van der Waals surface area contributed by atoms with E-state index >= 15 is 0 Å². The monoisotopic (exact) mass is 456 g/mol. The summed E-state index contributed by atoms with van der Waals surface area (Å²) < 4.78 is 8.22. The Kier molecular flexibility index (Phi) is 3.64. The summed E-state index contributed by atoms with van der Waals surface area (Å²) in [7, 11) is 0. The molecule has 0 radical (unpaired) electrons. The molecule has 0 bridgehead atoms. The second-order valence-corrected chi connectivity index (χ2v) is 9.11. The predicted octanol–water partition coefficient (Wildman–Crippen LogP) is 2.59. The maximum absolute atomic E-state index is 12.1. The number of carbonyl (C=O) groups is 1. The summed E-state index contributed by atoms with van der Waals surface area (Å²) in [6, 6.07) is 0.293. The van der Waals surface area contributed by atoms with Gasteiger partial charge in [0.2, 0.25) is 0 Å². The third-order valence-corrected chi connectivity index (χ3v) is 5.62. The van der Waals surface area contributed by atoms with Crippen LogP contribution < -0.4 is 5.73 Å². The standard InChI is InChI=1S/C16H21IN6O2/c1-15(2,3)25-14(24)22-6-16(7-22)4-9(5-16)23-13-10(11(17)21-23)12(18)19-8-20-13/h8-9H,4-7H2,1-3H3,(H2,18,19,20). The van der Waals surface area contributed by atoms with Crippen molar-refractivity contribution in [3.8, 4) is 0 Å². The Morgan fingerprint density at radius 2 is 2.04 bits per heavy atom. The molecular formula is C16H21IN6O2. The molecule has 1 aliphatic heterocycles. The highest BCUT2D eigenvalue weighted by molar-refractivity contribution is 14.1. The Morgan fingerprint density at radius 3 is 2.68 bits per heavy atom. The van der Waals surface area contributed by atoms with Gasteiger partial charge in [-0.05, 0) is 56.2 Å². The van der Waals surface area contributed by atoms with E-state index in [4.69, 9.17) is 10.5 Å². The molecule has 1 saturated heterocycles. The molecule has 2 fully saturated rings. The van der Waals surface area contributed by atoms with Gasteiger partial charge in [-0.3, -0.25) is 0 Å². The highest BCUT2D eigenvalue weighted by atomic mass is 127. The van der Waals surface area contributed by atoms with Crippen molar-refractivity contribution in [1.82, 2.24) is 24.6 Å². The number of hydrogen-bond donors (Lipinski definition) is 1. The number of carbonyl (C=O) groups excluding carboxylic acids is 1. The highest BCUT2D eigenvalue weighted by Gasteiger charge is 2.55. The molecule has 2 N–H and O–H groups in total. The lowest BCUT2D eigenvalue weighted by Gasteiger charge is -2.58. The third kappa shape index (κ3) is 2.81. The maximum atomic E-state index is 12.1. The number of amides is 1. The number of nitrogen functional groups attached to an aromatic ring is 1. The van der Waals surface area contributed by atoms with Crippen LogP contribution in [0.4, 0.5) is 10.6 Å². The molecule has 25 heavy (non-hydrogen) atoms. The van der Waals surface area contributed by atoms with E-state index in [2.05, 4.69) is 37.7 Å². The summed E-state index contributed by atoms with van der Waals surface area (Å²) in [5, 5.41) is 5.44. The molecule has 1 amide bonds. The molecule has 3 heterocycles. The van der Waals surface area contributed by atoms with Gasteiger partial charge in [0.25, 0.3) is 0 Å². The Morgan fingerprint density at radius 1 is 1.36 bits per heavy atom. The molecule has 0 aromatic carbocycles. The molecule has 8 nitrogen and oxygen atoms in total. The van der Waals surface area contributed by atoms with E-state index in [1.54, 1.807) is 4.90 Å². The van der Waals surface area contributed by atoms with Crippen molar-refractivity contribution in [3.05, 3.63) is 10.0 Å². The molecule has 9 heteroatoms. The van der Waals surface area contributed by atoms with Gasteiger partial charge in [0.05, 0.1) is 11.4 Å². The van der Waals surface area contributed by atoms with Gasteiger partial charge >= 0.3 is 6.09 Å². The van der Waals surface area contributed by atoms with Crippen molar-refractivity contribution in [1.29, 1.82) is 0 Å². The second-order valence-electron chi connectivity index (χ2n) is 8.09. The number of halogens is 1. The Labute approximate surface area is 159 Å². The van der Waals surface area contributed by atoms with Gasteiger partial charge in [0.15, 0.2) is 5.65 Å². The lowest BCUT2D eigenvalue weighted by molar-refractivity contribution is -0.0921. The average Bonchev–Trinajstić information content (AvgIpc) is 2.72. The number of rotatable bonds is 1. The molecule has 1 spiro atoms. The molecule has 0 unspecified atom stereocenters. The van der Waals surface area contributed by atoms with Crippen LogP contribution >= 0.6 is 22.6 Å². The SMILES string of the molecule is CC(C)(C)OC(=O)N1CC2(CC(n3nc(I)c4c(N)ncnc43)C2)C1. The van der Waals surface area contributed by atoms with Gasteiger partial charge in [-0.2, -0.15) is 5.10 Å². The van der Waals surface area contributed by atoms with E-state index in [0.717, 1.165) is 40.7 Å². The first-order valence-electron chi connectivity index (χ1n) is 8.30. The Balaban J connectivity index is 1.43. The quantitative estimate of drug-likeness (QED) is 0.663. The topological polar surface area (TPSA) is 99.2 Å².